The summed E-state index contributed by atoms with van der Waals surface area (Å²) in [5, 5.41) is 11.7. The van der Waals surface area contributed by atoms with Crippen LogP contribution in [0.15, 0.2) is 24.3 Å². The average molecular weight is 258 g/mol. The van der Waals surface area contributed by atoms with Gasteiger partial charge in [0.15, 0.2) is 0 Å². The van der Waals surface area contributed by atoms with Crippen molar-refractivity contribution < 1.29 is 9.90 Å². The smallest absolute Gasteiger partial charge is 0.238 e. The van der Waals surface area contributed by atoms with E-state index >= 15 is 0 Å². The van der Waals surface area contributed by atoms with Crippen LogP contribution in [0.25, 0.3) is 0 Å². The molecule has 1 rings (SSSR count). The summed E-state index contributed by atoms with van der Waals surface area (Å²) < 4.78 is 0. The zero-order chi connectivity index (χ0) is 10.6. The molecule has 0 spiro atoms. The van der Waals surface area contributed by atoms with Gasteiger partial charge in [-0.15, -0.1) is 0 Å². The molecule has 1 unspecified atom stereocenters. The van der Waals surface area contributed by atoms with Crippen molar-refractivity contribution in [2.45, 2.75) is 18.2 Å². The molecule has 0 aliphatic heterocycles. The van der Waals surface area contributed by atoms with Gasteiger partial charge in [-0.3, -0.25) is 4.79 Å². The summed E-state index contributed by atoms with van der Waals surface area (Å²) in [5.74, 6) is 0.118. The summed E-state index contributed by atoms with van der Waals surface area (Å²) in [7, 11) is 0. The highest BCUT2D eigenvalue weighted by Gasteiger charge is 2.11. The molecule has 0 saturated heterocycles. The van der Waals surface area contributed by atoms with Crippen molar-refractivity contribution in [2.24, 2.45) is 0 Å². The predicted molar refractivity (Wildman–Crippen MR) is 59.7 cm³/mol. The topological polar surface area (TPSA) is 49.3 Å². The molecule has 3 nitrogen and oxygen atoms in total. The third-order valence-electron chi connectivity index (χ3n) is 1.78. The zero-order valence-electron chi connectivity index (χ0n) is 7.83. The molecule has 0 heterocycles. The average Bonchev–Trinajstić information content (AvgIpc) is 2.20. The Morgan fingerprint density at radius 1 is 1.50 bits per heavy atom. The number of amides is 1. The number of phenolic OH excluding ortho intramolecular Hbond substituents is 1. The van der Waals surface area contributed by atoms with E-state index in [4.69, 9.17) is 5.11 Å². The number of carbonyl (C=O) groups excluding carboxylic acids is 1. The Bertz CT molecular complexity index is 310. The first kappa shape index (κ1) is 11.0. The Hall–Kier alpha value is -1.03. The van der Waals surface area contributed by atoms with Crippen molar-refractivity contribution in [1.29, 1.82) is 0 Å². The Morgan fingerprint density at radius 2 is 2.07 bits per heavy atom. The summed E-state index contributed by atoms with van der Waals surface area (Å²) >= 11 is 3.25. The molecule has 1 aromatic carbocycles. The van der Waals surface area contributed by atoms with Crippen molar-refractivity contribution in [3.63, 3.8) is 0 Å². The Balaban J connectivity index is 2.60. The first-order valence-electron chi connectivity index (χ1n) is 4.37. The van der Waals surface area contributed by atoms with E-state index in [0.29, 0.717) is 5.69 Å². The van der Waals surface area contributed by atoms with Gasteiger partial charge in [0.1, 0.15) is 5.75 Å². The van der Waals surface area contributed by atoms with E-state index in [1.165, 1.54) is 12.1 Å². The molecule has 0 radical (unpaired) electrons. The lowest BCUT2D eigenvalue weighted by atomic mass is 10.2. The summed E-state index contributed by atoms with van der Waals surface area (Å²) in [5.41, 5.74) is 0.686. The van der Waals surface area contributed by atoms with Crippen LogP contribution in [0, 0.1) is 0 Å². The van der Waals surface area contributed by atoms with Gasteiger partial charge in [-0.05, 0) is 30.7 Å². The van der Waals surface area contributed by atoms with Crippen LogP contribution < -0.4 is 5.32 Å². The highest BCUT2D eigenvalue weighted by atomic mass is 79.9. The van der Waals surface area contributed by atoms with Gasteiger partial charge in [-0.2, -0.15) is 0 Å². The fourth-order valence-corrected chi connectivity index (χ4v) is 1.07. The minimum absolute atomic E-state index is 0.0711. The van der Waals surface area contributed by atoms with Crippen molar-refractivity contribution in [2.75, 3.05) is 5.32 Å². The van der Waals surface area contributed by atoms with Crippen molar-refractivity contribution in [1.82, 2.24) is 0 Å². The number of carbonyl (C=O) groups is 1. The molecule has 0 aromatic heterocycles. The predicted octanol–water partition coefficient (Wildman–Crippen LogP) is 2.50. The van der Waals surface area contributed by atoms with E-state index in [9.17, 15) is 4.79 Å². The number of rotatable bonds is 3. The molecule has 0 aliphatic carbocycles. The van der Waals surface area contributed by atoms with Crippen LogP contribution >= 0.6 is 15.9 Å². The molecule has 0 fully saturated rings. The third-order valence-corrected chi connectivity index (χ3v) is 2.84. The van der Waals surface area contributed by atoms with Crippen LogP contribution in [-0.2, 0) is 4.79 Å². The van der Waals surface area contributed by atoms with Gasteiger partial charge in [-0.25, -0.2) is 0 Å². The van der Waals surface area contributed by atoms with Gasteiger partial charge in [0, 0.05) is 5.69 Å². The van der Waals surface area contributed by atoms with Gasteiger partial charge in [0.25, 0.3) is 0 Å². The first-order valence-corrected chi connectivity index (χ1v) is 5.29. The number of hydrogen-bond acceptors (Lipinski definition) is 2. The summed E-state index contributed by atoms with van der Waals surface area (Å²) in [6.45, 7) is 1.93. The molecule has 1 aromatic rings. The third kappa shape index (κ3) is 3.03. The standard InChI is InChI=1S/C10H12BrNO2/c1-2-9(11)10(14)12-7-3-5-8(13)6-4-7/h3-6,9,13H,2H2,1H3,(H,12,14). The maximum Gasteiger partial charge on any atom is 0.238 e. The molecule has 0 bridgehead atoms. The molecule has 2 N–H and O–H groups in total. The largest absolute Gasteiger partial charge is 0.508 e. The molecule has 76 valence electrons. The molecule has 4 heteroatoms. The van der Waals surface area contributed by atoms with Gasteiger partial charge < -0.3 is 10.4 Å². The Morgan fingerprint density at radius 3 is 2.57 bits per heavy atom. The second-order valence-corrected chi connectivity index (χ2v) is 4.02. The van der Waals surface area contributed by atoms with E-state index in [1.54, 1.807) is 12.1 Å². The van der Waals surface area contributed by atoms with Gasteiger partial charge in [0.2, 0.25) is 5.91 Å². The molecule has 1 amide bonds. The number of phenols is 1. The second-order valence-electron chi connectivity index (χ2n) is 2.91. The van der Waals surface area contributed by atoms with E-state index in [1.807, 2.05) is 6.92 Å². The minimum Gasteiger partial charge on any atom is -0.508 e. The van der Waals surface area contributed by atoms with E-state index in [2.05, 4.69) is 21.2 Å². The Labute approximate surface area is 91.3 Å². The number of nitrogens with one attached hydrogen (secondary N) is 1. The van der Waals surface area contributed by atoms with Crippen molar-refractivity contribution in [3.05, 3.63) is 24.3 Å². The lowest BCUT2D eigenvalue weighted by Gasteiger charge is -2.08. The molecular formula is C10H12BrNO2. The monoisotopic (exact) mass is 257 g/mol. The van der Waals surface area contributed by atoms with Crippen molar-refractivity contribution in [3.8, 4) is 5.75 Å². The number of anilines is 1. The van der Waals surface area contributed by atoms with E-state index in [-0.39, 0.29) is 16.5 Å². The summed E-state index contributed by atoms with van der Waals surface area (Å²) in [4.78, 5) is 11.2. The fourth-order valence-electron chi connectivity index (χ4n) is 0.951. The molecule has 1 atom stereocenters. The lowest BCUT2D eigenvalue weighted by Crippen LogP contribution is -2.21. The molecule has 14 heavy (non-hydrogen) atoms. The lowest BCUT2D eigenvalue weighted by molar-refractivity contribution is -0.115. The number of hydrogen-bond donors (Lipinski definition) is 2. The number of alkyl halides is 1. The van der Waals surface area contributed by atoms with Gasteiger partial charge >= 0.3 is 0 Å². The fraction of sp³-hybridized carbons (Fsp3) is 0.300. The van der Waals surface area contributed by atoms with E-state index < -0.39 is 0 Å². The minimum atomic E-state index is -0.170. The Kier molecular flexibility index (Phi) is 3.95. The SMILES string of the molecule is CCC(Br)C(=O)Nc1ccc(O)cc1. The summed E-state index contributed by atoms with van der Waals surface area (Å²) in [6, 6.07) is 6.38. The maximum atomic E-state index is 11.4. The van der Waals surface area contributed by atoms with Crippen LogP contribution in [0.2, 0.25) is 0 Å². The van der Waals surface area contributed by atoms with Crippen LogP contribution in [0.1, 0.15) is 13.3 Å². The highest BCUT2D eigenvalue weighted by molar-refractivity contribution is 9.10. The van der Waals surface area contributed by atoms with Gasteiger partial charge in [0.05, 0.1) is 4.83 Å². The number of benzene rings is 1. The van der Waals surface area contributed by atoms with Crippen LogP contribution in [-0.4, -0.2) is 15.8 Å². The molecular weight excluding hydrogens is 246 g/mol. The van der Waals surface area contributed by atoms with Crippen LogP contribution in [0.3, 0.4) is 0 Å². The van der Waals surface area contributed by atoms with Crippen LogP contribution in [0.4, 0.5) is 5.69 Å². The second kappa shape index (κ2) is 5.00. The number of halogens is 1. The van der Waals surface area contributed by atoms with Gasteiger partial charge in [-0.1, -0.05) is 22.9 Å². The summed E-state index contributed by atoms with van der Waals surface area (Å²) in [6.07, 6.45) is 0.740. The number of aromatic hydroxyl groups is 1. The molecule has 0 saturated carbocycles. The van der Waals surface area contributed by atoms with E-state index in [0.717, 1.165) is 6.42 Å². The quantitative estimate of drug-likeness (QED) is 0.646. The first-order chi connectivity index (χ1) is 6.63. The maximum absolute atomic E-state index is 11.4. The van der Waals surface area contributed by atoms with Crippen molar-refractivity contribution >= 4 is 27.5 Å². The zero-order valence-corrected chi connectivity index (χ0v) is 9.41. The normalized spacial score (nSPS) is 12.1. The highest BCUT2D eigenvalue weighted by Crippen LogP contribution is 2.15. The molecule has 0 aliphatic rings. The van der Waals surface area contributed by atoms with Crippen LogP contribution in [0.5, 0.6) is 5.75 Å².